The summed E-state index contributed by atoms with van der Waals surface area (Å²) in [6.07, 6.45) is 10.4. The first-order chi connectivity index (χ1) is 6.27. The van der Waals surface area contributed by atoms with E-state index in [0.717, 1.165) is 0 Å². The highest BCUT2D eigenvalue weighted by Crippen LogP contribution is 2.49. The van der Waals surface area contributed by atoms with Crippen molar-refractivity contribution in [3.8, 4) is 0 Å². The van der Waals surface area contributed by atoms with Gasteiger partial charge in [-0.2, -0.15) is 0 Å². The van der Waals surface area contributed by atoms with Crippen LogP contribution in [0.15, 0.2) is 36.0 Å². The fraction of sp³-hybridized carbons (Fsp3) is 0.364. The SMILES string of the molecule is O=C(O)C1=C[C@H]2C=C[C@H]1[C@H]1C=C[C@H]21. The summed E-state index contributed by atoms with van der Waals surface area (Å²) in [6.45, 7) is 0. The molecule has 0 radical (unpaired) electrons. The molecule has 0 heterocycles. The van der Waals surface area contributed by atoms with Gasteiger partial charge >= 0.3 is 5.97 Å². The Balaban J connectivity index is 2.05. The third kappa shape index (κ3) is 0.755. The number of carbonyl (C=O) groups is 1. The minimum Gasteiger partial charge on any atom is -0.478 e. The molecule has 0 unspecified atom stereocenters. The summed E-state index contributed by atoms with van der Waals surface area (Å²) in [5.41, 5.74) is 0.595. The monoisotopic (exact) mass is 174 g/mol. The van der Waals surface area contributed by atoms with Gasteiger partial charge in [-0.05, 0) is 11.8 Å². The maximum absolute atomic E-state index is 10.9. The second-order valence-electron chi connectivity index (χ2n) is 3.95. The normalized spacial score (nSPS) is 43.8. The molecule has 1 N–H and O–H groups in total. The Hall–Kier alpha value is -1.31. The van der Waals surface area contributed by atoms with Crippen LogP contribution in [0.4, 0.5) is 0 Å². The van der Waals surface area contributed by atoms with E-state index in [9.17, 15) is 4.79 Å². The van der Waals surface area contributed by atoms with E-state index in [1.54, 1.807) is 0 Å². The van der Waals surface area contributed by atoms with Crippen LogP contribution in [0.3, 0.4) is 0 Å². The van der Waals surface area contributed by atoms with Gasteiger partial charge in [0, 0.05) is 17.4 Å². The fourth-order valence-electron chi connectivity index (χ4n) is 2.63. The van der Waals surface area contributed by atoms with E-state index in [1.807, 2.05) is 6.08 Å². The van der Waals surface area contributed by atoms with Gasteiger partial charge in [-0.3, -0.25) is 0 Å². The van der Waals surface area contributed by atoms with Crippen LogP contribution >= 0.6 is 0 Å². The summed E-state index contributed by atoms with van der Waals surface area (Å²) in [4.78, 5) is 10.9. The van der Waals surface area contributed by atoms with Gasteiger partial charge in [-0.1, -0.05) is 30.4 Å². The van der Waals surface area contributed by atoms with Crippen molar-refractivity contribution in [3.63, 3.8) is 0 Å². The van der Waals surface area contributed by atoms with E-state index >= 15 is 0 Å². The van der Waals surface area contributed by atoms with E-state index in [0.29, 0.717) is 23.3 Å². The van der Waals surface area contributed by atoms with Crippen molar-refractivity contribution in [2.24, 2.45) is 23.7 Å². The van der Waals surface area contributed by atoms with Crippen LogP contribution in [-0.2, 0) is 4.79 Å². The lowest BCUT2D eigenvalue weighted by Crippen LogP contribution is -2.40. The van der Waals surface area contributed by atoms with Gasteiger partial charge in [0.2, 0.25) is 0 Å². The van der Waals surface area contributed by atoms with Gasteiger partial charge in [-0.25, -0.2) is 4.79 Å². The van der Waals surface area contributed by atoms with Crippen molar-refractivity contribution in [2.45, 2.75) is 0 Å². The lowest BCUT2D eigenvalue weighted by atomic mass is 9.58. The van der Waals surface area contributed by atoms with Gasteiger partial charge < -0.3 is 5.11 Å². The predicted molar refractivity (Wildman–Crippen MR) is 48.0 cm³/mol. The minimum atomic E-state index is -0.752. The van der Waals surface area contributed by atoms with Gasteiger partial charge in [0.25, 0.3) is 0 Å². The quantitative estimate of drug-likeness (QED) is 0.613. The van der Waals surface area contributed by atoms with E-state index in [4.69, 9.17) is 5.11 Å². The highest BCUT2D eigenvalue weighted by Gasteiger charge is 2.44. The van der Waals surface area contributed by atoms with Gasteiger partial charge in [0.1, 0.15) is 0 Å². The third-order valence-corrected chi connectivity index (χ3v) is 3.38. The number of carboxylic acids is 1. The first kappa shape index (κ1) is 7.13. The molecule has 2 bridgehead atoms. The summed E-state index contributed by atoms with van der Waals surface area (Å²) >= 11 is 0. The first-order valence-electron chi connectivity index (χ1n) is 4.59. The molecule has 13 heavy (non-hydrogen) atoms. The van der Waals surface area contributed by atoms with Crippen LogP contribution in [0.2, 0.25) is 0 Å². The lowest BCUT2D eigenvalue weighted by molar-refractivity contribution is -0.133. The average molecular weight is 174 g/mol. The van der Waals surface area contributed by atoms with Crippen LogP contribution in [0.25, 0.3) is 0 Å². The third-order valence-electron chi connectivity index (χ3n) is 3.38. The lowest BCUT2D eigenvalue weighted by Gasteiger charge is -2.45. The molecule has 0 aliphatic heterocycles. The Labute approximate surface area is 76.3 Å². The van der Waals surface area contributed by atoms with Crippen LogP contribution in [0.1, 0.15) is 0 Å². The van der Waals surface area contributed by atoms with Gasteiger partial charge in [0.15, 0.2) is 0 Å². The van der Waals surface area contributed by atoms with Crippen LogP contribution < -0.4 is 0 Å². The van der Waals surface area contributed by atoms with Crippen molar-refractivity contribution < 1.29 is 9.90 Å². The summed E-state index contributed by atoms with van der Waals surface area (Å²) in [5, 5.41) is 8.96. The summed E-state index contributed by atoms with van der Waals surface area (Å²) < 4.78 is 0. The number of hydrogen-bond acceptors (Lipinski definition) is 1. The van der Waals surface area contributed by atoms with E-state index in [2.05, 4.69) is 24.3 Å². The molecule has 0 amide bonds. The van der Waals surface area contributed by atoms with E-state index < -0.39 is 5.97 Å². The molecule has 0 aromatic heterocycles. The molecule has 0 aromatic rings. The number of allylic oxidation sites excluding steroid dienone is 5. The number of rotatable bonds is 1. The topological polar surface area (TPSA) is 37.3 Å². The number of carboxylic acid groups (broad SMARTS) is 1. The largest absolute Gasteiger partial charge is 0.478 e. The van der Waals surface area contributed by atoms with Crippen molar-refractivity contribution >= 4 is 5.97 Å². The zero-order chi connectivity index (χ0) is 9.00. The first-order valence-corrected chi connectivity index (χ1v) is 4.59. The fourth-order valence-corrected chi connectivity index (χ4v) is 2.63. The molecular weight excluding hydrogens is 164 g/mol. The maximum atomic E-state index is 10.9. The highest BCUT2D eigenvalue weighted by atomic mass is 16.4. The van der Waals surface area contributed by atoms with Crippen LogP contribution in [0.5, 0.6) is 0 Å². The molecule has 2 nitrogen and oxygen atoms in total. The molecular formula is C11H10O2. The molecule has 0 aromatic carbocycles. The van der Waals surface area contributed by atoms with Crippen molar-refractivity contribution in [3.05, 3.63) is 36.0 Å². The molecule has 0 fully saturated rings. The Bertz CT molecular complexity index is 362. The molecule has 4 aliphatic rings. The van der Waals surface area contributed by atoms with Crippen LogP contribution in [0, 0.1) is 23.7 Å². The second kappa shape index (κ2) is 2.13. The minimum absolute atomic E-state index is 0.137. The van der Waals surface area contributed by atoms with Crippen molar-refractivity contribution in [1.82, 2.24) is 0 Å². The Morgan fingerprint density at radius 1 is 1.15 bits per heavy atom. The number of hydrogen-bond donors (Lipinski definition) is 1. The van der Waals surface area contributed by atoms with E-state index in [1.165, 1.54) is 0 Å². The molecule has 4 atom stereocenters. The standard InChI is InChI=1S/C11H10O2/c12-11(13)10-5-6-1-2-9(10)8-4-3-7(6)8/h1-9H,(H,12,13)/t6-,7-,8+,9+/m1/s1. The average Bonchev–Trinajstić information content (AvgIpc) is 2.03. The smallest absolute Gasteiger partial charge is 0.331 e. The van der Waals surface area contributed by atoms with Crippen molar-refractivity contribution in [1.29, 1.82) is 0 Å². The maximum Gasteiger partial charge on any atom is 0.331 e. The summed E-state index contributed by atoms with van der Waals surface area (Å²) in [5.74, 6) is 0.769. The molecule has 66 valence electrons. The van der Waals surface area contributed by atoms with Gasteiger partial charge in [0.05, 0.1) is 0 Å². The molecule has 0 spiro atoms. The summed E-state index contributed by atoms with van der Waals surface area (Å²) in [6, 6.07) is 0. The molecule has 4 aliphatic carbocycles. The van der Waals surface area contributed by atoms with E-state index in [-0.39, 0.29) is 5.92 Å². The van der Waals surface area contributed by atoms with Crippen molar-refractivity contribution in [2.75, 3.05) is 0 Å². The zero-order valence-corrected chi connectivity index (χ0v) is 7.05. The molecule has 2 heteroatoms. The zero-order valence-electron chi connectivity index (χ0n) is 7.05. The Morgan fingerprint density at radius 3 is 2.46 bits per heavy atom. The van der Waals surface area contributed by atoms with Crippen LogP contribution in [-0.4, -0.2) is 11.1 Å². The molecule has 4 rings (SSSR count). The summed E-state index contributed by atoms with van der Waals surface area (Å²) in [7, 11) is 0. The predicted octanol–water partition coefficient (Wildman–Crippen LogP) is 1.62. The molecule has 0 saturated heterocycles. The highest BCUT2D eigenvalue weighted by molar-refractivity contribution is 5.88. The Morgan fingerprint density at radius 2 is 1.92 bits per heavy atom. The Kier molecular flexibility index (Phi) is 1.17. The van der Waals surface area contributed by atoms with Gasteiger partial charge in [-0.15, -0.1) is 0 Å². The number of aliphatic carboxylic acids is 1. The molecule has 0 saturated carbocycles. The second-order valence-corrected chi connectivity index (χ2v) is 3.95.